The smallest absolute Gasteiger partial charge is 0.0565 e. The highest BCUT2D eigenvalue weighted by Gasteiger charge is 2.40. The monoisotopic (exact) mass is 268 g/mol. The molecule has 0 radical (unpaired) electrons. The van der Waals surface area contributed by atoms with Gasteiger partial charge in [0.25, 0.3) is 0 Å². The summed E-state index contributed by atoms with van der Waals surface area (Å²) in [6.45, 7) is 8.66. The SMILES string of the molecule is CCCC1CCCN(C2(CN)CCOC(C)C2)CC1. The molecule has 19 heavy (non-hydrogen) atoms. The van der Waals surface area contributed by atoms with E-state index in [1.807, 2.05) is 0 Å². The highest BCUT2D eigenvalue weighted by atomic mass is 16.5. The van der Waals surface area contributed by atoms with Gasteiger partial charge in [-0.2, -0.15) is 0 Å². The zero-order valence-corrected chi connectivity index (χ0v) is 12.9. The number of hydrogen-bond donors (Lipinski definition) is 1. The lowest BCUT2D eigenvalue weighted by molar-refractivity contribution is -0.0631. The number of hydrogen-bond acceptors (Lipinski definition) is 3. The van der Waals surface area contributed by atoms with Gasteiger partial charge >= 0.3 is 0 Å². The quantitative estimate of drug-likeness (QED) is 0.852. The molecule has 2 aliphatic heterocycles. The van der Waals surface area contributed by atoms with Gasteiger partial charge in [0, 0.05) is 18.7 Å². The largest absolute Gasteiger partial charge is 0.378 e. The zero-order chi connectivity index (χ0) is 13.7. The van der Waals surface area contributed by atoms with Crippen LogP contribution in [0.2, 0.25) is 0 Å². The maximum Gasteiger partial charge on any atom is 0.0565 e. The van der Waals surface area contributed by atoms with E-state index in [1.54, 1.807) is 0 Å². The molecule has 2 rings (SSSR count). The Kier molecular flexibility index (Phi) is 5.67. The van der Waals surface area contributed by atoms with Crippen molar-refractivity contribution in [3.63, 3.8) is 0 Å². The third-order valence-electron chi connectivity index (χ3n) is 5.23. The second-order valence-electron chi connectivity index (χ2n) is 6.64. The van der Waals surface area contributed by atoms with Crippen molar-refractivity contribution in [2.75, 3.05) is 26.2 Å². The lowest BCUT2D eigenvalue weighted by Gasteiger charge is -2.47. The first-order chi connectivity index (χ1) is 9.20. The number of nitrogens with two attached hydrogens (primary N) is 1. The normalized spacial score (nSPS) is 38.1. The first-order valence-electron chi connectivity index (χ1n) is 8.27. The molecule has 0 aromatic rings. The molecule has 3 unspecified atom stereocenters. The van der Waals surface area contributed by atoms with Gasteiger partial charge < -0.3 is 10.5 Å². The van der Waals surface area contributed by atoms with Gasteiger partial charge in [0.2, 0.25) is 0 Å². The molecule has 2 heterocycles. The van der Waals surface area contributed by atoms with Crippen LogP contribution in [0.15, 0.2) is 0 Å². The van der Waals surface area contributed by atoms with Crippen molar-refractivity contribution < 1.29 is 4.74 Å². The van der Waals surface area contributed by atoms with Crippen molar-refractivity contribution in [3.8, 4) is 0 Å². The van der Waals surface area contributed by atoms with E-state index in [0.717, 1.165) is 31.9 Å². The Morgan fingerprint density at radius 2 is 2.16 bits per heavy atom. The highest BCUT2D eigenvalue weighted by Crippen LogP contribution is 2.33. The predicted molar refractivity (Wildman–Crippen MR) is 80.3 cm³/mol. The van der Waals surface area contributed by atoms with Crippen LogP contribution in [-0.2, 0) is 4.74 Å². The van der Waals surface area contributed by atoms with Gasteiger partial charge in [0.1, 0.15) is 0 Å². The fourth-order valence-electron chi connectivity index (χ4n) is 4.08. The molecule has 0 aromatic carbocycles. The molecule has 3 atom stereocenters. The molecular formula is C16H32N2O. The Morgan fingerprint density at radius 3 is 2.84 bits per heavy atom. The van der Waals surface area contributed by atoms with Crippen LogP contribution >= 0.6 is 0 Å². The summed E-state index contributed by atoms with van der Waals surface area (Å²) in [5.74, 6) is 0.946. The van der Waals surface area contributed by atoms with Gasteiger partial charge in [-0.05, 0) is 58.0 Å². The molecule has 2 aliphatic rings. The van der Waals surface area contributed by atoms with Crippen LogP contribution in [-0.4, -0.2) is 42.8 Å². The Balaban J connectivity index is 1.98. The first kappa shape index (κ1) is 15.3. The van der Waals surface area contributed by atoms with E-state index in [9.17, 15) is 0 Å². The number of nitrogens with zero attached hydrogens (tertiary/aromatic N) is 1. The summed E-state index contributed by atoms with van der Waals surface area (Å²) >= 11 is 0. The molecule has 0 amide bonds. The van der Waals surface area contributed by atoms with E-state index >= 15 is 0 Å². The Bertz CT molecular complexity index is 271. The average Bonchev–Trinajstić information content (AvgIpc) is 2.65. The predicted octanol–water partition coefficient (Wildman–Crippen LogP) is 2.79. The zero-order valence-electron chi connectivity index (χ0n) is 12.9. The van der Waals surface area contributed by atoms with Crippen LogP contribution in [0.5, 0.6) is 0 Å². The Morgan fingerprint density at radius 1 is 1.32 bits per heavy atom. The standard InChI is InChI=1S/C16H32N2O/c1-3-5-15-6-4-9-18(10-7-15)16(13-17)8-11-19-14(2)12-16/h14-15H,3-13,17H2,1-2H3. The second kappa shape index (κ2) is 7.05. The Labute approximate surface area is 118 Å². The lowest BCUT2D eigenvalue weighted by Crippen LogP contribution is -2.58. The van der Waals surface area contributed by atoms with E-state index in [1.165, 1.54) is 45.2 Å². The van der Waals surface area contributed by atoms with Crippen molar-refractivity contribution in [1.29, 1.82) is 0 Å². The van der Waals surface area contributed by atoms with Crippen LogP contribution in [0.3, 0.4) is 0 Å². The summed E-state index contributed by atoms with van der Waals surface area (Å²) in [4.78, 5) is 2.71. The molecule has 112 valence electrons. The molecule has 0 spiro atoms. The molecule has 3 nitrogen and oxygen atoms in total. The van der Waals surface area contributed by atoms with Gasteiger partial charge in [-0.1, -0.05) is 19.8 Å². The van der Waals surface area contributed by atoms with Crippen molar-refractivity contribution in [1.82, 2.24) is 4.90 Å². The van der Waals surface area contributed by atoms with E-state index in [-0.39, 0.29) is 5.54 Å². The minimum absolute atomic E-state index is 0.221. The fraction of sp³-hybridized carbons (Fsp3) is 1.00. The summed E-state index contributed by atoms with van der Waals surface area (Å²) in [5.41, 5.74) is 6.40. The first-order valence-corrected chi connectivity index (χ1v) is 8.27. The average molecular weight is 268 g/mol. The maximum atomic E-state index is 6.18. The fourth-order valence-corrected chi connectivity index (χ4v) is 4.08. The molecule has 3 heteroatoms. The maximum absolute atomic E-state index is 6.18. The van der Waals surface area contributed by atoms with Gasteiger partial charge in [-0.25, -0.2) is 0 Å². The lowest BCUT2D eigenvalue weighted by atomic mass is 9.85. The molecule has 0 saturated carbocycles. The summed E-state index contributed by atoms with van der Waals surface area (Å²) in [6.07, 6.45) is 9.46. The number of ether oxygens (including phenoxy) is 1. The summed E-state index contributed by atoms with van der Waals surface area (Å²) in [5, 5.41) is 0. The van der Waals surface area contributed by atoms with Crippen LogP contribution in [0.25, 0.3) is 0 Å². The topological polar surface area (TPSA) is 38.5 Å². The van der Waals surface area contributed by atoms with E-state index in [4.69, 9.17) is 10.5 Å². The minimum Gasteiger partial charge on any atom is -0.378 e. The van der Waals surface area contributed by atoms with Gasteiger partial charge in [0.05, 0.1) is 6.10 Å². The minimum atomic E-state index is 0.221. The van der Waals surface area contributed by atoms with Crippen molar-refractivity contribution in [2.45, 2.75) is 70.4 Å². The van der Waals surface area contributed by atoms with Crippen LogP contribution in [0.4, 0.5) is 0 Å². The number of likely N-dealkylation sites (tertiary alicyclic amines) is 1. The van der Waals surface area contributed by atoms with Gasteiger partial charge in [-0.3, -0.25) is 4.90 Å². The van der Waals surface area contributed by atoms with Gasteiger partial charge in [-0.15, -0.1) is 0 Å². The highest BCUT2D eigenvalue weighted by molar-refractivity contribution is 4.96. The van der Waals surface area contributed by atoms with Crippen LogP contribution in [0, 0.1) is 5.92 Å². The molecule has 2 saturated heterocycles. The van der Waals surface area contributed by atoms with Crippen LogP contribution in [0.1, 0.15) is 58.8 Å². The van der Waals surface area contributed by atoms with Crippen LogP contribution < -0.4 is 5.73 Å². The van der Waals surface area contributed by atoms with E-state index < -0.39 is 0 Å². The third kappa shape index (κ3) is 3.71. The molecule has 2 fully saturated rings. The molecule has 0 aliphatic carbocycles. The van der Waals surface area contributed by atoms with Gasteiger partial charge in [0.15, 0.2) is 0 Å². The Hall–Kier alpha value is -0.120. The molecule has 0 aromatic heterocycles. The molecule has 2 N–H and O–H groups in total. The van der Waals surface area contributed by atoms with E-state index in [2.05, 4.69) is 18.7 Å². The van der Waals surface area contributed by atoms with E-state index in [0.29, 0.717) is 6.10 Å². The van der Waals surface area contributed by atoms with Crippen molar-refractivity contribution in [3.05, 3.63) is 0 Å². The summed E-state index contributed by atoms with van der Waals surface area (Å²) in [6, 6.07) is 0. The molecule has 0 bridgehead atoms. The second-order valence-corrected chi connectivity index (χ2v) is 6.64. The summed E-state index contributed by atoms with van der Waals surface area (Å²) < 4.78 is 5.73. The van der Waals surface area contributed by atoms with Crippen molar-refractivity contribution in [2.24, 2.45) is 11.7 Å². The molecular weight excluding hydrogens is 236 g/mol. The third-order valence-corrected chi connectivity index (χ3v) is 5.23. The van der Waals surface area contributed by atoms with Crippen molar-refractivity contribution >= 4 is 0 Å². The number of rotatable bonds is 4. The summed E-state index contributed by atoms with van der Waals surface area (Å²) in [7, 11) is 0.